The standard InChI is InChI=1S/C28H27N3O5/c1-29-15-13-19(14-16-29)27-35-24-12-9-21(17-25(24)36-27)30-18-26(32)31(28(30)33)20-7-10-23(11-8-20)34-22-5-3-2-4-6-22/h2-12,17,19,27H,13-16,18H2,1H3. The number of imide groups is 1. The normalized spacial score (nSPS) is 20.3. The van der Waals surface area contributed by atoms with Crippen LogP contribution in [0.5, 0.6) is 23.0 Å². The van der Waals surface area contributed by atoms with Crippen molar-refractivity contribution >= 4 is 23.3 Å². The first kappa shape index (κ1) is 22.4. The number of carbonyl (C=O) groups is 2. The van der Waals surface area contributed by atoms with Crippen LogP contribution in [0.1, 0.15) is 12.8 Å². The predicted octanol–water partition coefficient (Wildman–Crippen LogP) is 4.89. The lowest BCUT2D eigenvalue weighted by atomic mass is 9.97. The van der Waals surface area contributed by atoms with Crippen LogP contribution in [0.3, 0.4) is 0 Å². The molecule has 1 unspecified atom stereocenters. The highest BCUT2D eigenvalue weighted by Gasteiger charge is 2.39. The Morgan fingerprint density at radius 3 is 2.22 bits per heavy atom. The van der Waals surface area contributed by atoms with Crippen LogP contribution < -0.4 is 24.0 Å². The highest BCUT2D eigenvalue weighted by atomic mass is 16.7. The first-order valence-corrected chi connectivity index (χ1v) is 12.2. The van der Waals surface area contributed by atoms with E-state index < -0.39 is 6.03 Å². The lowest BCUT2D eigenvalue weighted by Gasteiger charge is -2.31. The number of ether oxygens (including phenoxy) is 3. The van der Waals surface area contributed by atoms with E-state index in [4.69, 9.17) is 14.2 Å². The molecule has 0 saturated carbocycles. The monoisotopic (exact) mass is 485 g/mol. The number of anilines is 2. The minimum Gasteiger partial charge on any atom is -0.457 e. The molecule has 0 aromatic heterocycles. The van der Waals surface area contributed by atoms with Gasteiger partial charge in [0.15, 0.2) is 11.5 Å². The number of para-hydroxylation sites is 1. The average molecular weight is 486 g/mol. The molecule has 3 amide bonds. The van der Waals surface area contributed by atoms with Gasteiger partial charge in [-0.1, -0.05) is 18.2 Å². The summed E-state index contributed by atoms with van der Waals surface area (Å²) in [5.74, 6) is 2.65. The SMILES string of the molecule is CN1CCC(C2Oc3ccc(N4CC(=O)N(c5ccc(Oc6ccccc6)cc5)C4=O)cc3O2)CC1. The highest BCUT2D eigenvalue weighted by Crippen LogP contribution is 2.42. The molecule has 3 aliphatic heterocycles. The van der Waals surface area contributed by atoms with E-state index in [0.29, 0.717) is 40.3 Å². The molecule has 0 spiro atoms. The number of urea groups is 1. The molecule has 3 heterocycles. The van der Waals surface area contributed by atoms with Crippen LogP contribution in [0, 0.1) is 5.92 Å². The zero-order valence-corrected chi connectivity index (χ0v) is 20.0. The summed E-state index contributed by atoms with van der Waals surface area (Å²) in [7, 11) is 2.12. The molecule has 2 fully saturated rings. The number of fused-ring (bicyclic) bond motifs is 1. The minimum atomic E-state index is -0.400. The Balaban J connectivity index is 1.15. The topological polar surface area (TPSA) is 71.5 Å². The van der Waals surface area contributed by atoms with E-state index in [2.05, 4.69) is 11.9 Å². The molecule has 3 aromatic carbocycles. The lowest BCUT2D eigenvalue weighted by molar-refractivity contribution is -0.115. The van der Waals surface area contributed by atoms with Gasteiger partial charge in [-0.25, -0.2) is 9.69 Å². The Labute approximate surface area is 209 Å². The number of amides is 3. The van der Waals surface area contributed by atoms with Gasteiger partial charge >= 0.3 is 6.03 Å². The first-order valence-electron chi connectivity index (χ1n) is 12.2. The Morgan fingerprint density at radius 2 is 1.47 bits per heavy atom. The third-order valence-corrected chi connectivity index (χ3v) is 6.91. The van der Waals surface area contributed by atoms with Gasteiger partial charge in [-0.15, -0.1) is 0 Å². The van der Waals surface area contributed by atoms with Crippen molar-refractivity contribution in [3.8, 4) is 23.0 Å². The molecule has 2 saturated heterocycles. The fraction of sp³-hybridized carbons (Fsp3) is 0.286. The predicted molar refractivity (Wildman–Crippen MR) is 135 cm³/mol. The molecule has 0 N–H and O–H groups in total. The molecular weight excluding hydrogens is 458 g/mol. The van der Waals surface area contributed by atoms with Crippen molar-refractivity contribution in [2.75, 3.05) is 36.5 Å². The first-order chi connectivity index (χ1) is 17.5. The molecule has 3 aliphatic rings. The summed E-state index contributed by atoms with van der Waals surface area (Å²) >= 11 is 0. The average Bonchev–Trinajstić information content (AvgIpc) is 3.45. The van der Waals surface area contributed by atoms with Crippen molar-refractivity contribution in [3.05, 3.63) is 72.8 Å². The zero-order chi connectivity index (χ0) is 24.6. The molecule has 8 heteroatoms. The van der Waals surface area contributed by atoms with Crippen LogP contribution in [-0.4, -0.2) is 49.8 Å². The maximum atomic E-state index is 13.3. The van der Waals surface area contributed by atoms with E-state index in [0.717, 1.165) is 25.9 Å². The molecule has 36 heavy (non-hydrogen) atoms. The van der Waals surface area contributed by atoms with E-state index in [1.54, 1.807) is 36.4 Å². The number of hydrogen-bond donors (Lipinski definition) is 0. The molecule has 184 valence electrons. The van der Waals surface area contributed by atoms with Crippen molar-refractivity contribution in [2.24, 2.45) is 5.92 Å². The summed E-state index contributed by atoms with van der Waals surface area (Å²) < 4.78 is 18.0. The number of piperidine rings is 1. The van der Waals surface area contributed by atoms with Gasteiger partial charge in [0.05, 0.1) is 11.4 Å². The molecule has 6 rings (SSSR count). The summed E-state index contributed by atoms with van der Waals surface area (Å²) in [6, 6.07) is 21.3. The van der Waals surface area contributed by atoms with Crippen molar-refractivity contribution in [1.82, 2.24) is 4.90 Å². The fourth-order valence-corrected chi connectivity index (χ4v) is 4.87. The van der Waals surface area contributed by atoms with E-state index >= 15 is 0 Å². The number of hydrogen-bond acceptors (Lipinski definition) is 6. The van der Waals surface area contributed by atoms with E-state index in [-0.39, 0.29) is 18.7 Å². The fourth-order valence-electron chi connectivity index (χ4n) is 4.87. The molecule has 3 aromatic rings. The van der Waals surface area contributed by atoms with Gasteiger partial charge in [-0.3, -0.25) is 9.69 Å². The van der Waals surface area contributed by atoms with Crippen LogP contribution in [0.2, 0.25) is 0 Å². The van der Waals surface area contributed by atoms with E-state index in [1.807, 2.05) is 36.4 Å². The number of nitrogens with zero attached hydrogens (tertiary/aromatic N) is 3. The summed E-state index contributed by atoms with van der Waals surface area (Å²) in [4.78, 5) is 31.1. The quantitative estimate of drug-likeness (QED) is 0.479. The van der Waals surface area contributed by atoms with Crippen LogP contribution in [-0.2, 0) is 4.79 Å². The number of rotatable bonds is 5. The number of benzene rings is 3. The minimum absolute atomic E-state index is 0.0425. The second-order valence-corrected chi connectivity index (χ2v) is 9.38. The van der Waals surface area contributed by atoms with E-state index in [1.165, 1.54) is 9.80 Å². The summed E-state index contributed by atoms with van der Waals surface area (Å²) in [6.07, 6.45) is 1.73. The lowest BCUT2D eigenvalue weighted by Crippen LogP contribution is -2.38. The summed E-state index contributed by atoms with van der Waals surface area (Å²) in [6.45, 7) is 2.00. The Bertz CT molecular complexity index is 1270. The number of likely N-dealkylation sites (tertiary alicyclic amines) is 1. The van der Waals surface area contributed by atoms with Crippen LogP contribution >= 0.6 is 0 Å². The molecule has 8 nitrogen and oxygen atoms in total. The van der Waals surface area contributed by atoms with E-state index in [9.17, 15) is 9.59 Å². The number of carbonyl (C=O) groups excluding carboxylic acids is 2. The maximum Gasteiger partial charge on any atom is 0.336 e. The Morgan fingerprint density at radius 1 is 0.806 bits per heavy atom. The van der Waals surface area contributed by atoms with Crippen molar-refractivity contribution in [1.29, 1.82) is 0 Å². The molecule has 0 radical (unpaired) electrons. The molecular formula is C28H27N3O5. The van der Waals surface area contributed by atoms with Gasteiger partial charge in [0.2, 0.25) is 6.29 Å². The third-order valence-electron chi connectivity index (χ3n) is 6.91. The molecule has 1 atom stereocenters. The van der Waals surface area contributed by atoms with Gasteiger partial charge in [0, 0.05) is 12.0 Å². The van der Waals surface area contributed by atoms with Gasteiger partial charge in [-0.2, -0.15) is 0 Å². The molecule has 0 aliphatic carbocycles. The summed E-state index contributed by atoms with van der Waals surface area (Å²) in [5, 5.41) is 0. The third kappa shape index (κ3) is 4.24. The van der Waals surface area contributed by atoms with Gasteiger partial charge in [0.25, 0.3) is 5.91 Å². The summed E-state index contributed by atoms with van der Waals surface area (Å²) in [5.41, 5.74) is 1.10. The van der Waals surface area contributed by atoms with Crippen molar-refractivity contribution < 1.29 is 23.8 Å². The Kier molecular flexibility index (Phi) is 5.73. The second-order valence-electron chi connectivity index (χ2n) is 9.38. The van der Waals surface area contributed by atoms with Gasteiger partial charge in [-0.05, 0) is 81.5 Å². The smallest absolute Gasteiger partial charge is 0.336 e. The van der Waals surface area contributed by atoms with Crippen molar-refractivity contribution in [3.63, 3.8) is 0 Å². The molecule has 0 bridgehead atoms. The highest BCUT2D eigenvalue weighted by molar-refractivity contribution is 6.27. The zero-order valence-electron chi connectivity index (χ0n) is 20.0. The largest absolute Gasteiger partial charge is 0.457 e. The van der Waals surface area contributed by atoms with Gasteiger partial charge in [0.1, 0.15) is 18.0 Å². The second kappa shape index (κ2) is 9.20. The van der Waals surface area contributed by atoms with Crippen molar-refractivity contribution in [2.45, 2.75) is 19.1 Å². The van der Waals surface area contributed by atoms with Gasteiger partial charge < -0.3 is 19.1 Å². The Hall–Kier alpha value is -4.04. The maximum absolute atomic E-state index is 13.3. The van der Waals surface area contributed by atoms with Crippen LogP contribution in [0.4, 0.5) is 16.2 Å². The van der Waals surface area contributed by atoms with Crippen LogP contribution in [0.25, 0.3) is 0 Å². The van der Waals surface area contributed by atoms with Crippen LogP contribution in [0.15, 0.2) is 72.8 Å².